The van der Waals surface area contributed by atoms with E-state index in [4.69, 9.17) is 4.52 Å². The first-order chi connectivity index (χ1) is 10.2. The molecule has 1 saturated carbocycles. The second kappa shape index (κ2) is 9.79. The molecule has 1 aromatic heterocycles. The summed E-state index contributed by atoms with van der Waals surface area (Å²) < 4.78 is 5.13. The number of rotatable bonds is 8. The minimum atomic E-state index is 0. The first-order valence-electron chi connectivity index (χ1n) is 7.92. The van der Waals surface area contributed by atoms with Crippen LogP contribution in [0.4, 0.5) is 0 Å². The third-order valence-corrected chi connectivity index (χ3v) is 4.18. The predicted molar refractivity (Wildman–Crippen MR) is 86.8 cm³/mol. The van der Waals surface area contributed by atoms with Crippen molar-refractivity contribution in [2.75, 3.05) is 7.05 Å². The highest BCUT2D eigenvalue weighted by molar-refractivity contribution is 5.85. The van der Waals surface area contributed by atoms with Crippen molar-refractivity contribution >= 4 is 18.3 Å². The average Bonchev–Trinajstić information content (AvgIpc) is 3.14. The van der Waals surface area contributed by atoms with Gasteiger partial charge >= 0.3 is 0 Å². The van der Waals surface area contributed by atoms with Gasteiger partial charge in [-0.1, -0.05) is 30.8 Å². The molecule has 0 aliphatic heterocycles. The van der Waals surface area contributed by atoms with Crippen LogP contribution < -0.4 is 10.6 Å². The van der Waals surface area contributed by atoms with Crippen LogP contribution in [0.2, 0.25) is 0 Å². The normalized spacial score (nSPS) is 16.3. The third kappa shape index (κ3) is 6.32. The van der Waals surface area contributed by atoms with Gasteiger partial charge in [0.05, 0.1) is 6.54 Å². The Balaban J connectivity index is 0.00000242. The topological polar surface area (TPSA) is 80.0 Å². The summed E-state index contributed by atoms with van der Waals surface area (Å²) in [6, 6.07) is 0.302. The maximum absolute atomic E-state index is 11.8. The zero-order valence-corrected chi connectivity index (χ0v) is 14.2. The lowest BCUT2D eigenvalue weighted by atomic mass is 10.0. The summed E-state index contributed by atoms with van der Waals surface area (Å²) in [6.07, 6.45) is 7.52. The van der Waals surface area contributed by atoms with Crippen LogP contribution in [0, 0.1) is 5.92 Å². The second-order valence-electron chi connectivity index (χ2n) is 5.96. The summed E-state index contributed by atoms with van der Waals surface area (Å²) in [5.74, 6) is 1.97. The van der Waals surface area contributed by atoms with Gasteiger partial charge in [0.2, 0.25) is 11.8 Å². The van der Waals surface area contributed by atoms with Crippen LogP contribution in [0.1, 0.15) is 57.2 Å². The monoisotopic (exact) mass is 330 g/mol. The average molecular weight is 331 g/mol. The Hall–Kier alpha value is -1.14. The van der Waals surface area contributed by atoms with E-state index in [2.05, 4.69) is 27.7 Å². The van der Waals surface area contributed by atoms with Gasteiger partial charge in [-0.3, -0.25) is 4.79 Å². The zero-order valence-electron chi connectivity index (χ0n) is 13.4. The molecule has 1 aromatic rings. The smallest absolute Gasteiger partial charge is 0.246 e. The molecule has 0 spiro atoms. The molecule has 1 amide bonds. The largest absolute Gasteiger partial charge is 0.347 e. The molecular weight excluding hydrogens is 304 g/mol. The van der Waals surface area contributed by atoms with Gasteiger partial charge < -0.3 is 15.2 Å². The maximum Gasteiger partial charge on any atom is 0.246 e. The van der Waals surface area contributed by atoms with Crippen molar-refractivity contribution in [1.82, 2.24) is 20.8 Å². The number of hydrogen-bond donors (Lipinski definition) is 2. The molecule has 1 unspecified atom stereocenters. The van der Waals surface area contributed by atoms with Crippen LogP contribution >= 0.6 is 12.4 Å². The van der Waals surface area contributed by atoms with E-state index in [0.29, 0.717) is 30.7 Å². The highest BCUT2D eigenvalue weighted by Crippen LogP contribution is 2.28. The van der Waals surface area contributed by atoms with Crippen molar-refractivity contribution in [3.05, 3.63) is 11.7 Å². The molecule has 2 N–H and O–H groups in total. The molecule has 0 aromatic carbocycles. The lowest BCUT2D eigenvalue weighted by molar-refractivity contribution is -0.121. The molecule has 126 valence electrons. The van der Waals surface area contributed by atoms with Crippen molar-refractivity contribution in [3.63, 3.8) is 0 Å². The Morgan fingerprint density at radius 1 is 1.41 bits per heavy atom. The summed E-state index contributed by atoms with van der Waals surface area (Å²) in [4.78, 5) is 16.1. The maximum atomic E-state index is 11.8. The summed E-state index contributed by atoms with van der Waals surface area (Å²) >= 11 is 0. The Labute approximate surface area is 138 Å². The van der Waals surface area contributed by atoms with E-state index in [1.54, 1.807) is 0 Å². The number of carbonyl (C=O) groups is 1. The summed E-state index contributed by atoms with van der Waals surface area (Å²) in [6.45, 7) is 2.38. The van der Waals surface area contributed by atoms with E-state index in [-0.39, 0.29) is 18.3 Å². The first kappa shape index (κ1) is 18.9. The summed E-state index contributed by atoms with van der Waals surface area (Å²) in [5, 5.41) is 9.89. The third-order valence-electron chi connectivity index (χ3n) is 4.18. The minimum Gasteiger partial charge on any atom is -0.347 e. The Morgan fingerprint density at radius 3 is 2.82 bits per heavy atom. The molecular formula is C15H27ClN4O2. The molecule has 0 bridgehead atoms. The molecule has 0 saturated heterocycles. The molecule has 1 atom stereocenters. The number of amides is 1. The molecule has 1 heterocycles. The van der Waals surface area contributed by atoms with E-state index in [1.807, 2.05) is 7.05 Å². The molecule has 2 rings (SSSR count). The van der Waals surface area contributed by atoms with Crippen LogP contribution in [-0.2, 0) is 17.8 Å². The van der Waals surface area contributed by atoms with Gasteiger partial charge in [-0.15, -0.1) is 12.4 Å². The van der Waals surface area contributed by atoms with Crippen molar-refractivity contribution in [1.29, 1.82) is 0 Å². The fourth-order valence-corrected chi connectivity index (χ4v) is 2.72. The van der Waals surface area contributed by atoms with Crippen molar-refractivity contribution in [2.45, 2.75) is 64.5 Å². The van der Waals surface area contributed by atoms with Gasteiger partial charge in [0.1, 0.15) is 0 Å². The SMILES string of the molecule is CNC(C)Cc1noc(CNC(=O)CCC2CCCC2)n1.Cl. The minimum absolute atomic E-state index is 0. The molecule has 1 fully saturated rings. The number of nitrogens with zero attached hydrogens (tertiary/aromatic N) is 2. The van der Waals surface area contributed by atoms with Crippen LogP contribution in [-0.4, -0.2) is 29.1 Å². The van der Waals surface area contributed by atoms with Gasteiger partial charge in [-0.05, 0) is 26.3 Å². The Bertz CT molecular complexity index is 447. The van der Waals surface area contributed by atoms with Gasteiger partial charge in [0.15, 0.2) is 5.82 Å². The number of aromatic nitrogens is 2. The number of hydrogen-bond acceptors (Lipinski definition) is 5. The van der Waals surface area contributed by atoms with Crippen molar-refractivity contribution < 1.29 is 9.32 Å². The Morgan fingerprint density at radius 2 is 2.14 bits per heavy atom. The van der Waals surface area contributed by atoms with E-state index < -0.39 is 0 Å². The number of likely N-dealkylation sites (N-methyl/N-ethyl adjacent to an activating group) is 1. The van der Waals surface area contributed by atoms with E-state index in [0.717, 1.165) is 18.8 Å². The summed E-state index contributed by atoms with van der Waals surface area (Å²) in [7, 11) is 1.90. The highest BCUT2D eigenvalue weighted by atomic mass is 35.5. The zero-order chi connectivity index (χ0) is 15.1. The first-order valence-corrected chi connectivity index (χ1v) is 7.92. The predicted octanol–water partition coefficient (Wildman–Crippen LogP) is 2.23. The lowest BCUT2D eigenvalue weighted by Gasteiger charge is -2.07. The van der Waals surface area contributed by atoms with Gasteiger partial charge in [0.25, 0.3) is 0 Å². The molecule has 1 aliphatic carbocycles. The van der Waals surface area contributed by atoms with Crippen molar-refractivity contribution in [3.8, 4) is 0 Å². The Kier molecular flexibility index (Phi) is 8.42. The molecule has 0 radical (unpaired) electrons. The van der Waals surface area contributed by atoms with Gasteiger partial charge in [-0.2, -0.15) is 4.98 Å². The molecule has 22 heavy (non-hydrogen) atoms. The lowest BCUT2D eigenvalue weighted by Crippen LogP contribution is -2.24. The standard InChI is InChI=1S/C15H26N4O2.ClH/c1-11(16-2)9-13-18-15(21-19-13)10-17-14(20)8-7-12-5-3-4-6-12;/h11-12,16H,3-10H2,1-2H3,(H,17,20);1H. The van der Waals surface area contributed by atoms with Crippen LogP contribution in [0.25, 0.3) is 0 Å². The van der Waals surface area contributed by atoms with Crippen LogP contribution in [0.15, 0.2) is 4.52 Å². The van der Waals surface area contributed by atoms with Crippen molar-refractivity contribution in [2.24, 2.45) is 5.92 Å². The van der Waals surface area contributed by atoms with E-state index in [9.17, 15) is 4.79 Å². The summed E-state index contributed by atoms with van der Waals surface area (Å²) in [5.41, 5.74) is 0. The van der Waals surface area contributed by atoms with E-state index in [1.165, 1.54) is 25.7 Å². The quantitative estimate of drug-likeness (QED) is 0.764. The highest BCUT2D eigenvalue weighted by Gasteiger charge is 2.16. The van der Waals surface area contributed by atoms with Gasteiger partial charge in [-0.25, -0.2) is 0 Å². The second-order valence-corrected chi connectivity index (χ2v) is 5.96. The number of nitrogens with one attached hydrogen (secondary N) is 2. The molecule has 7 heteroatoms. The fourth-order valence-electron chi connectivity index (χ4n) is 2.72. The van der Waals surface area contributed by atoms with Gasteiger partial charge in [0, 0.05) is 18.9 Å². The number of carbonyl (C=O) groups excluding carboxylic acids is 1. The number of halogens is 1. The van der Waals surface area contributed by atoms with E-state index >= 15 is 0 Å². The molecule has 6 nitrogen and oxygen atoms in total. The molecule has 1 aliphatic rings. The van der Waals surface area contributed by atoms with Crippen LogP contribution in [0.5, 0.6) is 0 Å². The fraction of sp³-hybridized carbons (Fsp3) is 0.800. The van der Waals surface area contributed by atoms with Crippen LogP contribution in [0.3, 0.4) is 0 Å².